The molecule has 11 heavy (non-hydrogen) atoms. The predicted molar refractivity (Wildman–Crippen MR) is 51.7 cm³/mol. The summed E-state index contributed by atoms with van der Waals surface area (Å²) < 4.78 is 0. The van der Waals surface area contributed by atoms with Crippen LogP contribution in [0.4, 0.5) is 0 Å². The molecule has 59 valence electrons. The maximum absolute atomic E-state index is 5.02. The molecule has 0 saturated heterocycles. The standard InChI is InChI=1S/C10H13S/c1-2-5-9-6-3-4-7-10(9)8-11/h3-4,6-7H,2,5,8H2,1H3. The Morgan fingerprint density at radius 1 is 1.18 bits per heavy atom. The molecule has 1 heteroatoms. The first-order valence-corrected chi connectivity index (χ1v) is 4.61. The monoisotopic (exact) mass is 165 g/mol. The lowest BCUT2D eigenvalue weighted by Crippen LogP contribution is -1.89. The van der Waals surface area contributed by atoms with Gasteiger partial charge in [0.2, 0.25) is 0 Å². The lowest BCUT2D eigenvalue weighted by Gasteiger charge is -2.03. The van der Waals surface area contributed by atoms with Crippen molar-refractivity contribution in [1.82, 2.24) is 0 Å². The zero-order chi connectivity index (χ0) is 8.10. The van der Waals surface area contributed by atoms with Gasteiger partial charge in [0.25, 0.3) is 0 Å². The number of hydrogen-bond acceptors (Lipinski definition) is 0. The van der Waals surface area contributed by atoms with Crippen molar-refractivity contribution in [2.24, 2.45) is 0 Å². The van der Waals surface area contributed by atoms with Gasteiger partial charge < -0.3 is 0 Å². The summed E-state index contributed by atoms with van der Waals surface area (Å²) in [6.45, 7) is 2.19. The third-order valence-corrected chi connectivity index (χ3v) is 2.10. The largest absolute Gasteiger partial charge is 0.0890 e. The Balaban J connectivity index is 2.83. The normalized spacial score (nSPS) is 10.0. The van der Waals surface area contributed by atoms with Gasteiger partial charge in [-0.05, 0) is 17.5 Å². The second-order valence-electron chi connectivity index (χ2n) is 2.66. The minimum absolute atomic E-state index is 0.746. The first kappa shape index (κ1) is 8.66. The Hall–Kier alpha value is -0.430. The van der Waals surface area contributed by atoms with Gasteiger partial charge in [0.1, 0.15) is 0 Å². The van der Waals surface area contributed by atoms with Crippen molar-refractivity contribution < 1.29 is 0 Å². The van der Waals surface area contributed by atoms with Crippen LogP contribution in [0.25, 0.3) is 0 Å². The van der Waals surface area contributed by atoms with E-state index < -0.39 is 0 Å². The lowest BCUT2D eigenvalue weighted by atomic mass is 10.0. The number of benzene rings is 1. The molecule has 0 aliphatic rings. The van der Waals surface area contributed by atoms with E-state index in [1.165, 1.54) is 17.5 Å². The summed E-state index contributed by atoms with van der Waals surface area (Å²) in [4.78, 5) is 0. The average molecular weight is 165 g/mol. The molecular formula is C10H13S. The van der Waals surface area contributed by atoms with Crippen LogP contribution in [0.1, 0.15) is 24.5 Å². The highest BCUT2D eigenvalue weighted by atomic mass is 32.1. The van der Waals surface area contributed by atoms with Crippen LogP contribution in [0.3, 0.4) is 0 Å². The molecule has 0 spiro atoms. The molecule has 0 aliphatic heterocycles. The van der Waals surface area contributed by atoms with Crippen LogP contribution in [0.5, 0.6) is 0 Å². The molecule has 0 saturated carbocycles. The molecule has 1 aromatic carbocycles. The Morgan fingerprint density at radius 2 is 1.82 bits per heavy atom. The molecule has 0 atom stereocenters. The number of rotatable bonds is 3. The van der Waals surface area contributed by atoms with Crippen molar-refractivity contribution >= 4 is 12.6 Å². The maximum atomic E-state index is 5.02. The minimum Gasteiger partial charge on any atom is -0.0890 e. The minimum atomic E-state index is 0.746. The van der Waals surface area contributed by atoms with E-state index in [1.54, 1.807) is 0 Å². The van der Waals surface area contributed by atoms with Crippen LogP contribution in [0.15, 0.2) is 24.3 Å². The lowest BCUT2D eigenvalue weighted by molar-refractivity contribution is 0.911. The highest BCUT2D eigenvalue weighted by Crippen LogP contribution is 2.12. The topological polar surface area (TPSA) is 0 Å². The zero-order valence-electron chi connectivity index (χ0n) is 6.84. The van der Waals surface area contributed by atoms with Crippen molar-refractivity contribution in [2.45, 2.75) is 25.5 Å². The van der Waals surface area contributed by atoms with Crippen LogP contribution in [-0.2, 0) is 12.2 Å². The van der Waals surface area contributed by atoms with E-state index in [4.69, 9.17) is 12.6 Å². The second kappa shape index (κ2) is 4.45. The van der Waals surface area contributed by atoms with Crippen LogP contribution in [0.2, 0.25) is 0 Å². The van der Waals surface area contributed by atoms with Crippen LogP contribution < -0.4 is 0 Å². The van der Waals surface area contributed by atoms with Crippen molar-refractivity contribution in [1.29, 1.82) is 0 Å². The Bertz CT molecular complexity index is 218. The molecule has 0 fully saturated rings. The van der Waals surface area contributed by atoms with Gasteiger partial charge in [0.05, 0.1) is 0 Å². The summed E-state index contributed by atoms with van der Waals surface area (Å²) in [7, 11) is 0. The summed E-state index contributed by atoms with van der Waals surface area (Å²) in [5.41, 5.74) is 2.74. The number of hydrogen-bond donors (Lipinski definition) is 0. The van der Waals surface area contributed by atoms with Crippen LogP contribution >= 0.6 is 12.6 Å². The molecule has 0 amide bonds. The van der Waals surface area contributed by atoms with Crippen molar-refractivity contribution in [3.63, 3.8) is 0 Å². The van der Waals surface area contributed by atoms with E-state index in [2.05, 4.69) is 31.2 Å². The Morgan fingerprint density at radius 3 is 2.36 bits per heavy atom. The average Bonchev–Trinajstić information content (AvgIpc) is 2.06. The number of aryl methyl sites for hydroxylation is 1. The predicted octanol–water partition coefficient (Wildman–Crippen LogP) is 3.34. The molecule has 0 N–H and O–H groups in total. The first-order valence-electron chi connectivity index (χ1n) is 4.03. The van der Waals surface area contributed by atoms with Crippen LogP contribution in [-0.4, -0.2) is 0 Å². The Labute approximate surface area is 74.0 Å². The quantitative estimate of drug-likeness (QED) is 0.644. The van der Waals surface area contributed by atoms with Gasteiger partial charge in [-0.25, -0.2) is 0 Å². The SMILES string of the molecule is CCCc1ccccc1C[S]. The molecule has 0 unspecified atom stereocenters. The van der Waals surface area contributed by atoms with E-state index in [-0.39, 0.29) is 0 Å². The smallest absolute Gasteiger partial charge is 0.0291 e. The second-order valence-corrected chi connectivity index (χ2v) is 2.95. The molecule has 1 aromatic rings. The maximum Gasteiger partial charge on any atom is 0.0291 e. The molecule has 0 nitrogen and oxygen atoms in total. The van der Waals surface area contributed by atoms with Gasteiger partial charge in [-0.15, -0.1) is 0 Å². The van der Waals surface area contributed by atoms with Gasteiger partial charge in [-0.1, -0.05) is 50.2 Å². The molecule has 0 aliphatic carbocycles. The van der Waals surface area contributed by atoms with Gasteiger partial charge in [-0.3, -0.25) is 0 Å². The third-order valence-electron chi connectivity index (χ3n) is 1.79. The van der Waals surface area contributed by atoms with Crippen LogP contribution in [0, 0.1) is 0 Å². The summed E-state index contributed by atoms with van der Waals surface area (Å²) in [5, 5.41) is 0. The van der Waals surface area contributed by atoms with E-state index in [0.29, 0.717) is 0 Å². The fourth-order valence-corrected chi connectivity index (χ4v) is 1.49. The summed E-state index contributed by atoms with van der Waals surface area (Å²) in [6, 6.07) is 8.43. The fraction of sp³-hybridized carbons (Fsp3) is 0.400. The highest BCUT2D eigenvalue weighted by Gasteiger charge is 1.96. The zero-order valence-corrected chi connectivity index (χ0v) is 7.66. The van der Waals surface area contributed by atoms with Gasteiger partial charge in [-0.2, -0.15) is 0 Å². The summed E-state index contributed by atoms with van der Waals surface area (Å²) >= 11 is 5.02. The van der Waals surface area contributed by atoms with Crippen molar-refractivity contribution in [3.8, 4) is 0 Å². The fourth-order valence-electron chi connectivity index (χ4n) is 1.21. The Kier molecular flexibility index (Phi) is 3.50. The van der Waals surface area contributed by atoms with E-state index >= 15 is 0 Å². The van der Waals surface area contributed by atoms with E-state index in [9.17, 15) is 0 Å². The highest BCUT2D eigenvalue weighted by molar-refractivity contribution is 7.79. The van der Waals surface area contributed by atoms with Crippen molar-refractivity contribution in [3.05, 3.63) is 35.4 Å². The van der Waals surface area contributed by atoms with E-state index in [1.807, 2.05) is 0 Å². The van der Waals surface area contributed by atoms with Gasteiger partial charge >= 0.3 is 0 Å². The molecular weight excluding hydrogens is 152 g/mol. The summed E-state index contributed by atoms with van der Waals surface area (Å²) in [5.74, 6) is 0.746. The van der Waals surface area contributed by atoms with E-state index in [0.717, 1.165) is 12.2 Å². The molecule has 1 radical (unpaired) electrons. The summed E-state index contributed by atoms with van der Waals surface area (Å²) in [6.07, 6.45) is 2.36. The van der Waals surface area contributed by atoms with Gasteiger partial charge in [0, 0.05) is 5.75 Å². The molecule has 0 heterocycles. The van der Waals surface area contributed by atoms with Crippen molar-refractivity contribution in [2.75, 3.05) is 0 Å². The molecule has 0 bridgehead atoms. The van der Waals surface area contributed by atoms with Gasteiger partial charge in [0.15, 0.2) is 0 Å². The molecule has 0 aromatic heterocycles. The molecule has 1 rings (SSSR count). The third kappa shape index (κ3) is 2.26. The first-order chi connectivity index (χ1) is 5.38.